The van der Waals surface area contributed by atoms with Gasteiger partial charge in [0.05, 0.1) is 6.61 Å². The molecule has 112 valence electrons. The highest BCUT2D eigenvalue weighted by molar-refractivity contribution is 5.85. The molecule has 2 N–H and O–H groups in total. The fourth-order valence-electron chi connectivity index (χ4n) is 2.79. The maximum Gasteiger partial charge on any atom is 0.0681 e. The summed E-state index contributed by atoms with van der Waals surface area (Å²) in [5.41, 5.74) is 3.46. The monoisotopic (exact) mass is 291 g/mol. The van der Waals surface area contributed by atoms with Crippen molar-refractivity contribution in [1.82, 2.24) is 5.32 Å². The highest BCUT2D eigenvalue weighted by atomic mass is 16.3. The first kappa shape index (κ1) is 14.8. The summed E-state index contributed by atoms with van der Waals surface area (Å²) in [6.07, 6.45) is 0. The van der Waals surface area contributed by atoms with E-state index in [0.29, 0.717) is 0 Å². The molecule has 0 amide bonds. The predicted molar refractivity (Wildman–Crippen MR) is 91.6 cm³/mol. The van der Waals surface area contributed by atoms with Crippen molar-refractivity contribution in [3.05, 3.63) is 83.4 Å². The first-order chi connectivity index (χ1) is 10.8. The fourth-order valence-corrected chi connectivity index (χ4v) is 2.79. The molecule has 0 radical (unpaired) electrons. The molecule has 0 aliphatic heterocycles. The minimum atomic E-state index is 0.0872. The average molecular weight is 291 g/mol. The van der Waals surface area contributed by atoms with E-state index in [1.807, 2.05) is 12.1 Å². The number of aliphatic hydroxyl groups excluding tert-OH is 1. The summed E-state index contributed by atoms with van der Waals surface area (Å²) in [4.78, 5) is 0. The SMILES string of the molecule is CC(NCc1cccc2ccccc12)c1cccc(CO)c1. The maximum absolute atomic E-state index is 9.25. The van der Waals surface area contributed by atoms with Gasteiger partial charge in [-0.05, 0) is 34.4 Å². The Morgan fingerprint density at radius 3 is 2.59 bits per heavy atom. The van der Waals surface area contributed by atoms with Crippen LogP contribution in [0.15, 0.2) is 66.7 Å². The Labute approximate surface area is 131 Å². The second-order valence-electron chi connectivity index (χ2n) is 5.64. The van der Waals surface area contributed by atoms with Crippen LogP contribution in [0.25, 0.3) is 10.8 Å². The molecule has 3 aromatic carbocycles. The smallest absolute Gasteiger partial charge is 0.0681 e. The molecule has 2 nitrogen and oxygen atoms in total. The second kappa shape index (κ2) is 6.73. The summed E-state index contributed by atoms with van der Waals surface area (Å²) in [6, 6.07) is 23.2. The molecule has 0 saturated heterocycles. The molecular weight excluding hydrogens is 270 g/mol. The minimum Gasteiger partial charge on any atom is -0.392 e. The van der Waals surface area contributed by atoms with Gasteiger partial charge in [-0.2, -0.15) is 0 Å². The van der Waals surface area contributed by atoms with Gasteiger partial charge in [-0.1, -0.05) is 66.7 Å². The quantitative estimate of drug-likeness (QED) is 0.739. The van der Waals surface area contributed by atoms with E-state index in [2.05, 4.69) is 66.8 Å². The van der Waals surface area contributed by atoms with Gasteiger partial charge < -0.3 is 10.4 Å². The van der Waals surface area contributed by atoms with Gasteiger partial charge in [0.2, 0.25) is 0 Å². The largest absolute Gasteiger partial charge is 0.392 e. The Morgan fingerprint density at radius 1 is 0.955 bits per heavy atom. The lowest BCUT2D eigenvalue weighted by Crippen LogP contribution is -2.18. The van der Waals surface area contributed by atoms with Crippen LogP contribution < -0.4 is 5.32 Å². The van der Waals surface area contributed by atoms with E-state index >= 15 is 0 Å². The van der Waals surface area contributed by atoms with Gasteiger partial charge in [-0.25, -0.2) is 0 Å². The van der Waals surface area contributed by atoms with Crippen LogP contribution in [0.2, 0.25) is 0 Å². The van der Waals surface area contributed by atoms with Crippen LogP contribution >= 0.6 is 0 Å². The van der Waals surface area contributed by atoms with Crippen molar-refractivity contribution in [3.63, 3.8) is 0 Å². The molecule has 1 unspecified atom stereocenters. The third-order valence-corrected chi connectivity index (χ3v) is 4.11. The van der Waals surface area contributed by atoms with Crippen molar-refractivity contribution < 1.29 is 5.11 Å². The lowest BCUT2D eigenvalue weighted by Gasteiger charge is -2.16. The topological polar surface area (TPSA) is 32.3 Å². The number of nitrogens with one attached hydrogen (secondary N) is 1. The van der Waals surface area contributed by atoms with Crippen molar-refractivity contribution in [1.29, 1.82) is 0 Å². The molecule has 0 aromatic heterocycles. The molecule has 0 spiro atoms. The van der Waals surface area contributed by atoms with Gasteiger partial charge in [0.15, 0.2) is 0 Å². The lowest BCUT2D eigenvalue weighted by atomic mass is 10.0. The highest BCUT2D eigenvalue weighted by Gasteiger charge is 2.07. The van der Waals surface area contributed by atoms with Crippen molar-refractivity contribution >= 4 is 10.8 Å². The zero-order valence-electron chi connectivity index (χ0n) is 12.8. The van der Waals surface area contributed by atoms with E-state index in [4.69, 9.17) is 0 Å². The summed E-state index contributed by atoms with van der Waals surface area (Å²) >= 11 is 0. The van der Waals surface area contributed by atoms with Crippen molar-refractivity contribution in [2.75, 3.05) is 0 Å². The molecular formula is C20H21NO. The van der Waals surface area contributed by atoms with Crippen LogP contribution in [0.4, 0.5) is 0 Å². The molecule has 0 fully saturated rings. The number of rotatable bonds is 5. The van der Waals surface area contributed by atoms with Crippen LogP contribution in [-0.4, -0.2) is 5.11 Å². The zero-order chi connectivity index (χ0) is 15.4. The molecule has 0 aliphatic rings. The Hall–Kier alpha value is -2.16. The molecule has 0 heterocycles. The Kier molecular flexibility index (Phi) is 4.52. The van der Waals surface area contributed by atoms with Gasteiger partial charge in [-0.15, -0.1) is 0 Å². The summed E-state index contributed by atoms with van der Waals surface area (Å²) in [5, 5.41) is 15.4. The molecule has 2 heteroatoms. The minimum absolute atomic E-state index is 0.0872. The van der Waals surface area contributed by atoms with Crippen LogP contribution in [0.5, 0.6) is 0 Å². The predicted octanol–water partition coefficient (Wildman–Crippen LogP) is 4.18. The third kappa shape index (κ3) is 3.19. The zero-order valence-corrected chi connectivity index (χ0v) is 12.8. The standard InChI is InChI=1S/C20H21NO/c1-15(18-9-4-6-16(12-18)14-22)21-13-19-10-5-8-17-7-2-3-11-20(17)19/h2-12,15,21-22H,13-14H2,1H3. The lowest BCUT2D eigenvalue weighted by molar-refractivity contribution is 0.281. The van der Waals surface area contributed by atoms with Crippen LogP contribution in [0.1, 0.15) is 29.7 Å². The van der Waals surface area contributed by atoms with E-state index in [-0.39, 0.29) is 12.6 Å². The van der Waals surface area contributed by atoms with Gasteiger partial charge in [0.25, 0.3) is 0 Å². The number of hydrogen-bond acceptors (Lipinski definition) is 2. The first-order valence-corrected chi connectivity index (χ1v) is 7.67. The summed E-state index contributed by atoms with van der Waals surface area (Å²) in [5.74, 6) is 0. The normalized spacial score (nSPS) is 12.5. The van der Waals surface area contributed by atoms with Crippen molar-refractivity contribution in [2.45, 2.75) is 26.1 Å². The van der Waals surface area contributed by atoms with E-state index in [1.54, 1.807) is 0 Å². The molecule has 3 rings (SSSR count). The van der Waals surface area contributed by atoms with Crippen LogP contribution in [-0.2, 0) is 13.2 Å². The molecule has 0 bridgehead atoms. The van der Waals surface area contributed by atoms with E-state index in [0.717, 1.165) is 12.1 Å². The average Bonchev–Trinajstić information content (AvgIpc) is 2.59. The van der Waals surface area contributed by atoms with Gasteiger partial charge in [0.1, 0.15) is 0 Å². The molecule has 3 aromatic rings. The Balaban J connectivity index is 1.76. The highest BCUT2D eigenvalue weighted by Crippen LogP contribution is 2.20. The van der Waals surface area contributed by atoms with Gasteiger partial charge in [0, 0.05) is 12.6 Å². The summed E-state index contributed by atoms with van der Waals surface area (Å²) in [7, 11) is 0. The number of aliphatic hydroxyl groups is 1. The Morgan fingerprint density at radius 2 is 1.73 bits per heavy atom. The van der Waals surface area contributed by atoms with Crippen molar-refractivity contribution in [3.8, 4) is 0 Å². The molecule has 0 saturated carbocycles. The molecule has 1 atom stereocenters. The van der Waals surface area contributed by atoms with Gasteiger partial charge >= 0.3 is 0 Å². The Bertz CT molecular complexity index is 761. The van der Waals surface area contributed by atoms with E-state index in [9.17, 15) is 5.11 Å². The second-order valence-corrected chi connectivity index (χ2v) is 5.64. The van der Waals surface area contributed by atoms with Crippen LogP contribution in [0.3, 0.4) is 0 Å². The fraction of sp³-hybridized carbons (Fsp3) is 0.200. The van der Waals surface area contributed by atoms with Gasteiger partial charge in [-0.3, -0.25) is 0 Å². The number of fused-ring (bicyclic) bond motifs is 1. The maximum atomic E-state index is 9.25. The number of hydrogen-bond donors (Lipinski definition) is 2. The first-order valence-electron chi connectivity index (χ1n) is 7.67. The molecule has 22 heavy (non-hydrogen) atoms. The third-order valence-electron chi connectivity index (χ3n) is 4.11. The van der Waals surface area contributed by atoms with E-state index < -0.39 is 0 Å². The summed E-state index contributed by atoms with van der Waals surface area (Å²) in [6.45, 7) is 3.07. The van der Waals surface area contributed by atoms with Crippen LogP contribution in [0, 0.1) is 0 Å². The molecule has 0 aliphatic carbocycles. The number of benzene rings is 3. The summed E-state index contributed by atoms with van der Waals surface area (Å²) < 4.78 is 0. The van der Waals surface area contributed by atoms with Crippen molar-refractivity contribution in [2.24, 2.45) is 0 Å². The van der Waals surface area contributed by atoms with E-state index in [1.165, 1.54) is 21.9 Å².